The average Bonchev–Trinajstić information content (AvgIpc) is 3.17. The van der Waals surface area contributed by atoms with Crippen LogP contribution in [-0.4, -0.2) is 41.5 Å². The van der Waals surface area contributed by atoms with Gasteiger partial charge in [0.2, 0.25) is 5.91 Å². The molecule has 0 aliphatic heterocycles. The monoisotopic (exact) mass is 479 g/mol. The van der Waals surface area contributed by atoms with E-state index in [1.54, 1.807) is 11.7 Å². The van der Waals surface area contributed by atoms with Gasteiger partial charge in [0.25, 0.3) is 5.56 Å². The molecule has 0 atom stereocenters. The van der Waals surface area contributed by atoms with Gasteiger partial charge < -0.3 is 10.1 Å². The number of thioether (sulfide) groups is 1. The van der Waals surface area contributed by atoms with Crippen LogP contribution in [0.5, 0.6) is 0 Å². The number of hydrogen-bond acceptors (Lipinski definition) is 6. The number of nitrogens with zero attached hydrogens (tertiary/aromatic N) is 2. The zero-order valence-electron chi connectivity index (χ0n) is 17.8. The SMILES string of the molecule is COCCCn1c(SCC(=O)NCC(C)C)nc2scc(-c3ccccc3Cl)c2c1=O. The van der Waals surface area contributed by atoms with Gasteiger partial charge in [0.05, 0.1) is 11.1 Å². The van der Waals surface area contributed by atoms with Gasteiger partial charge in [-0.15, -0.1) is 11.3 Å². The largest absolute Gasteiger partial charge is 0.385 e. The first-order valence-corrected chi connectivity index (χ1v) is 12.3. The van der Waals surface area contributed by atoms with Crippen molar-refractivity contribution in [3.63, 3.8) is 0 Å². The molecule has 2 heterocycles. The van der Waals surface area contributed by atoms with Gasteiger partial charge in [-0.1, -0.05) is 55.4 Å². The van der Waals surface area contributed by atoms with Crippen LogP contribution in [0, 0.1) is 5.92 Å². The van der Waals surface area contributed by atoms with Crippen LogP contribution in [0.25, 0.3) is 21.3 Å². The van der Waals surface area contributed by atoms with Gasteiger partial charge in [0.15, 0.2) is 5.16 Å². The normalized spacial score (nSPS) is 11.4. The molecular formula is C22H26ClN3O3S2. The number of carbonyl (C=O) groups is 1. The highest BCUT2D eigenvalue weighted by Crippen LogP contribution is 2.35. The zero-order chi connectivity index (χ0) is 22.4. The van der Waals surface area contributed by atoms with Gasteiger partial charge in [0, 0.05) is 48.3 Å². The first-order chi connectivity index (χ1) is 14.9. The molecule has 1 amide bonds. The third-order valence-electron chi connectivity index (χ3n) is 4.59. The number of benzene rings is 1. The number of hydrogen-bond donors (Lipinski definition) is 1. The van der Waals surface area contributed by atoms with E-state index in [9.17, 15) is 9.59 Å². The highest BCUT2D eigenvalue weighted by molar-refractivity contribution is 7.99. The van der Waals surface area contributed by atoms with Crippen LogP contribution >= 0.6 is 34.7 Å². The minimum Gasteiger partial charge on any atom is -0.385 e. The van der Waals surface area contributed by atoms with Gasteiger partial charge in [-0.2, -0.15) is 0 Å². The fraction of sp³-hybridized carbons (Fsp3) is 0.409. The molecule has 2 aromatic heterocycles. The van der Waals surface area contributed by atoms with Crippen molar-refractivity contribution >= 4 is 50.8 Å². The summed E-state index contributed by atoms with van der Waals surface area (Å²) in [5.41, 5.74) is 1.48. The number of fused-ring (bicyclic) bond motifs is 1. The van der Waals surface area contributed by atoms with Crippen molar-refractivity contribution < 1.29 is 9.53 Å². The van der Waals surface area contributed by atoms with E-state index in [4.69, 9.17) is 21.3 Å². The molecule has 0 bridgehead atoms. The predicted octanol–water partition coefficient (Wildman–Crippen LogP) is 4.68. The van der Waals surface area contributed by atoms with Crippen molar-refractivity contribution in [2.24, 2.45) is 5.92 Å². The lowest BCUT2D eigenvalue weighted by molar-refractivity contribution is -0.118. The van der Waals surface area contributed by atoms with Gasteiger partial charge in [-0.05, 0) is 18.4 Å². The van der Waals surface area contributed by atoms with Gasteiger partial charge in [0.1, 0.15) is 4.83 Å². The molecule has 0 radical (unpaired) electrons. The van der Waals surface area contributed by atoms with Crippen molar-refractivity contribution in [2.75, 3.05) is 26.0 Å². The molecule has 1 aromatic carbocycles. The van der Waals surface area contributed by atoms with Crippen LogP contribution in [-0.2, 0) is 16.1 Å². The third kappa shape index (κ3) is 5.88. The molecular weight excluding hydrogens is 454 g/mol. The van der Waals surface area contributed by atoms with E-state index in [0.29, 0.717) is 52.4 Å². The van der Waals surface area contributed by atoms with Gasteiger partial charge in [-0.3, -0.25) is 14.2 Å². The second kappa shape index (κ2) is 11.1. The summed E-state index contributed by atoms with van der Waals surface area (Å²) in [6, 6.07) is 7.47. The van der Waals surface area contributed by atoms with E-state index in [1.807, 2.05) is 43.5 Å². The quantitative estimate of drug-likeness (QED) is 0.259. The number of rotatable bonds is 10. The number of nitrogens with one attached hydrogen (secondary N) is 1. The molecule has 3 rings (SSSR count). The summed E-state index contributed by atoms with van der Waals surface area (Å²) in [5.74, 6) is 0.516. The smallest absolute Gasteiger partial charge is 0.263 e. The molecule has 0 fully saturated rings. The Balaban J connectivity index is 1.98. The van der Waals surface area contributed by atoms with Crippen molar-refractivity contribution in [1.29, 1.82) is 0 Å². The Morgan fingerprint density at radius 1 is 1.32 bits per heavy atom. The highest BCUT2D eigenvalue weighted by atomic mass is 35.5. The van der Waals surface area contributed by atoms with Crippen LogP contribution in [0.2, 0.25) is 5.02 Å². The minimum absolute atomic E-state index is 0.0700. The summed E-state index contributed by atoms with van der Waals surface area (Å²) in [6.07, 6.45) is 0.669. The fourth-order valence-electron chi connectivity index (χ4n) is 3.06. The maximum atomic E-state index is 13.5. The van der Waals surface area contributed by atoms with Crippen LogP contribution in [0.3, 0.4) is 0 Å². The van der Waals surface area contributed by atoms with E-state index >= 15 is 0 Å². The average molecular weight is 480 g/mol. The highest BCUT2D eigenvalue weighted by Gasteiger charge is 2.19. The van der Waals surface area contributed by atoms with E-state index in [-0.39, 0.29) is 17.2 Å². The number of halogens is 1. The Kier molecular flexibility index (Phi) is 8.54. The Morgan fingerprint density at radius 2 is 2.10 bits per heavy atom. The van der Waals surface area contributed by atoms with E-state index in [2.05, 4.69) is 5.32 Å². The zero-order valence-corrected chi connectivity index (χ0v) is 20.2. The Hall–Kier alpha value is -1.87. The Morgan fingerprint density at radius 3 is 2.81 bits per heavy atom. The molecule has 0 aliphatic carbocycles. The summed E-state index contributed by atoms with van der Waals surface area (Å²) in [4.78, 5) is 31.1. The summed E-state index contributed by atoms with van der Waals surface area (Å²) in [6.45, 7) is 5.71. The second-order valence-electron chi connectivity index (χ2n) is 7.49. The maximum absolute atomic E-state index is 13.5. The number of aromatic nitrogens is 2. The number of amides is 1. The van der Waals surface area contributed by atoms with Crippen molar-refractivity contribution in [2.45, 2.75) is 32.0 Å². The molecule has 9 heteroatoms. The molecule has 0 aliphatic rings. The lowest BCUT2D eigenvalue weighted by Gasteiger charge is -2.13. The fourth-order valence-corrected chi connectivity index (χ4v) is 5.13. The predicted molar refractivity (Wildman–Crippen MR) is 129 cm³/mol. The number of methoxy groups -OCH3 is 1. The van der Waals surface area contributed by atoms with E-state index in [0.717, 1.165) is 11.1 Å². The number of ether oxygens (including phenoxy) is 1. The van der Waals surface area contributed by atoms with Crippen LogP contribution < -0.4 is 10.9 Å². The Bertz CT molecular complexity index is 1110. The number of carbonyl (C=O) groups excluding carboxylic acids is 1. The summed E-state index contributed by atoms with van der Waals surface area (Å²) >= 11 is 9.08. The molecule has 31 heavy (non-hydrogen) atoms. The van der Waals surface area contributed by atoms with Crippen molar-refractivity contribution in [3.05, 3.63) is 45.0 Å². The van der Waals surface area contributed by atoms with Crippen LogP contribution in [0.4, 0.5) is 0 Å². The first kappa shape index (κ1) is 23.8. The topological polar surface area (TPSA) is 73.2 Å². The molecule has 1 N–H and O–H groups in total. The third-order valence-corrected chi connectivity index (χ3v) is 6.77. The molecule has 0 saturated heterocycles. The van der Waals surface area contributed by atoms with Crippen molar-refractivity contribution in [3.8, 4) is 11.1 Å². The van der Waals surface area contributed by atoms with E-state index < -0.39 is 0 Å². The molecule has 166 valence electrons. The second-order valence-corrected chi connectivity index (χ2v) is 9.70. The lowest BCUT2D eigenvalue weighted by Crippen LogP contribution is -2.29. The standard InChI is InChI=1S/C22H26ClN3O3S2/c1-14(2)11-24-18(27)13-31-22-25-20-19(21(28)26(22)9-6-10-29-3)16(12-30-20)15-7-4-5-8-17(15)23/h4-5,7-8,12,14H,6,9-11,13H2,1-3H3,(H,24,27). The number of thiophene rings is 1. The molecule has 0 spiro atoms. The summed E-state index contributed by atoms with van der Waals surface area (Å²) < 4.78 is 6.80. The van der Waals surface area contributed by atoms with E-state index in [1.165, 1.54) is 23.1 Å². The molecule has 6 nitrogen and oxygen atoms in total. The molecule has 0 unspecified atom stereocenters. The van der Waals surface area contributed by atoms with Crippen LogP contribution in [0.15, 0.2) is 39.6 Å². The summed E-state index contributed by atoms with van der Waals surface area (Å²) in [5, 5.41) is 6.51. The maximum Gasteiger partial charge on any atom is 0.263 e. The minimum atomic E-state index is -0.123. The van der Waals surface area contributed by atoms with Crippen LogP contribution in [0.1, 0.15) is 20.3 Å². The van der Waals surface area contributed by atoms with Gasteiger partial charge in [-0.25, -0.2) is 4.98 Å². The van der Waals surface area contributed by atoms with Gasteiger partial charge >= 0.3 is 0 Å². The Labute approximate surface area is 195 Å². The summed E-state index contributed by atoms with van der Waals surface area (Å²) in [7, 11) is 1.63. The first-order valence-electron chi connectivity index (χ1n) is 10.1. The van der Waals surface area contributed by atoms with Crippen molar-refractivity contribution in [1.82, 2.24) is 14.9 Å². The molecule has 0 saturated carbocycles. The lowest BCUT2D eigenvalue weighted by atomic mass is 10.1. The molecule has 3 aromatic rings.